The van der Waals surface area contributed by atoms with Gasteiger partial charge >= 0.3 is 0 Å². The predicted molar refractivity (Wildman–Crippen MR) is 125 cm³/mol. The maximum atomic E-state index is 13.7. The van der Waals surface area contributed by atoms with Gasteiger partial charge in [-0.2, -0.15) is 0 Å². The Bertz CT molecular complexity index is 1130. The molecule has 1 aromatic carbocycles. The molecule has 6 nitrogen and oxygen atoms in total. The normalized spacial score (nSPS) is 15.8. The highest BCUT2D eigenvalue weighted by Crippen LogP contribution is 2.39. The predicted octanol–water partition coefficient (Wildman–Crippen LogP) is 5.09. The third-order valence-electron chi connectivity index (χ3n) is 6.13. The van der Waals surface area contributed by atoms with Crippen molar-refractivity contribution in [3.05, 3.63) is 71.1 Å². The number of methoxy groups -OCH3 is 1. The van der Waals surface area contributed by atoms with Gasteiger partial charge in [-0.1, -0.05) is 19.1 Å². The number of carbonyl (C=O) groups is 1. The molecule has 3 heterocycles. The van der Waals surface area contributed by atoms with Gasteiger partial charge in [-0.3, -0.25) is 9.78 Å². The number of ether oxygens (including phenoxy) is 1. The average Bonchev–Trinajstić information content (AvgIpc) is 3.29. The van der Waals surface area contributed by atoms with Gasteiger partial charge in [0, 0.05) is 37.1 Å². The first-order valence-corrected chi connectivity index (χ1v) is 11.3. The van der Waals surface area contributed by atoms with Crippen molar-refractivity contribution in [3.63, 3.8) is 0 Å². The van der Waals surface area contributed by atoms with E-state index in [1.165, 1.54) is 0 Å². The molecule has 2 aromatic heterocycles. The molecule has 0 radical (unpaired) electrons. The van der Waals surface area contributed by atoms with Crippen molar-refractivity contribution in [2.75, 3.05) is 13.7 Å². The van der Waals surface area contributed by atoms with E-state index in [-0.39, 0.29) is 11.9 Å². The van der Waals surface area contributed by atoms with Crippen LogP contribution >= 0.6 is 0 Å². The van der Waals surface area contributed by atoms with Crippen LogP contribution < -0.4 is 4.74 Å². The molecule has 1 amide bonds. The monoisotopic (exact) mass is 430 g/mol. The lowest BCUT2D eigenvalue weighted by molar-refractivity contribution is 0.0729. The van der Waals surface area contributed by atoms with E-state index in [0.717, 1.165) is 59.5 Å². The minimum Gasteiger partial charge on any atom is -0.496 e. The van der Waals surface area contributed by atoms with E-state index in [1.54, 1.807) is 13.3 Å². The summed E-state index contributed by atoms with van der Waals surface area (Å²) in [6.07, 6.45) is 9.17. The number of amides is 1. The Labute approximate surface area is 189 Å². The zero-order valence-corrected chi connectivity index (χ0v) is 19.3. The molecule has 0 saturated carbocycles. The number of pyridine rings is 1. The molecule has 0 spiro atoms. The van der Waals surface area contributed by atoms with Crippen LogP contribution in [0.3, 0.4) is 0 Å². The molecule has 4 rings (SSSR count). The summed E-state index contributed by atoms with van der Waals surface area (Å²) in [6.45, 7) is 6.83. The number of aromatic nitrogens is 3. The van der Waals surface area contributed by atoms with Crippen LogP contribution in [0.15, 0.2) is 42.9 Å². The number of para-hydroxylation sites is 1. The van der Waals surface area contributed by atoms with Crippen LogP contribution in [-0.2, 0) is 6.42 Å². The Morgan fingerprint density at radius 1 is 1.16 bits per heavy atom. The SMILES string of the molecule is CCCc1ncc(-c2ccncc2C)c([C@@H]2CCCN2C(=O)c2cccc(C)c2OC)n1. The highest BCUT2D eigenvalue weighted by molar-refractivity contribution is 5.98. The maximum Gasteiger partial charge on any atom is 0.258 e. The van der Waals surface area contributed by atoms with E-state index in [9.17, 15) is 4.79 Å². The summed E-state index contributed by atoms with van der Waals surface area (Å²) in [7, 11) is 1.62. The molecular formula is C26H30N4O2. The number of carbonyl (C=O) groups excluding carboxylic acids is 1. The van der Waals surface area contributed by atoms with Crippen molar-refractivity contribution >= 4 is 5.91 Å². The molecule has 0 aliphatic carbocycles. The van der Waals surface area contributed by atoms with E-state index >= 15 is 0 Å². The van der Waals surface area contributed by atoms with E-state index in [2.05, 4.69) is 16.9 Å². The fraction of sp³-hybridized carbons (Fsp3) is 0.385. The van der Waals surface area contributed by atoms with E-state index < -0.39 is 0 Å². The third-order valence-corrected chi connectivity index (χ3v) is 6.13. The van der Waals surface area contributed by atoms with Crippen molar-refractivity contribution < 1.29 is 9.53 Å². The topological polar surface area (TPSA) is 68.2 Å². The molecule has 0 bridgehead atoms. The fourth-order valence-corrected chi connectivity index (χ4v) is 4.56. The minimum atomic E-state index is -0.103. The lowest BCUT2D eigenvalue weighted by Gasteiger charge is -2.27. The molecule has 1 aliphatic heterocycles. The summed E-state index contributed by atoms with van der Waals surface area (Å²) in [4.78, 5) is 29.5. The van der Waals surface area contributed by atoms with Crippen LogP contribution in [0, 0.1) is 13.8 Å². The van der Waals surface area contributed by atoms with Gasteiger partial charge in [0.15, 0.2) is 0 Å². The Balaban J connectivity index is 1.80. The van der Waals surface area contributed by atoms with Crippen molar-refractivity contribution in [2.24, 2.45) is 0 Å². The van der Waals surface area contributed by atoms with Crippen molar-refractivity contribution in [1.29, 1.82) is 0 Å². The minimum absolute atomic E-state index is 0.0129. The van der Waals surface area contributed by atoms with Gasteiger partial charge in [0.05, 0.1) is 24.4 Å². The summed E-state index contributed by atoms with van der Waals surface area (Å²) in [5.41, 5.74) is 5.58. The second-order valence-electron chi connectivity index (χ2n) is 8.34. The summed E-state index contributed by atoms with van der Waals surface area (Å²) < 4.78 is 5.58. The number of benzene rings is 1. The molecular weight excluding hydrogens is 400 g/mol. The number of aryl methyl sites for hydroxylation is 3. The van der Waals surface area contributed by atoms with E-state index in [0.29, 0.717) is 17.9 Å². The maximum absolute atomic E-state index is 13.7. The van der Waals surface area contributed by atoms with Gasteiger partial charge in [-0.15, -0.1) is 0 Å². The number of hydrogen-bond donors (Lipinski definition) is 0. The Morgan fingerprint density at radius 3 is 2.75 bits per heavy atom. The largest absolute Gasteiger partial charge is 0.496 e. The lowest BCUT2D eigenvalue weighted by Crippen LogP contribution is -2.32. The van der Waals surface area contributed by atoms with Crippen LogP contribution in [0.5, 0.6) is 5.75 Å². The zero-order chi connectivity index (χ0) is 22.7. The first-order valence-electron chi connectivity index (χ1n) is 11.3. The quantitative estimate of drug-likeness (QED) is 0.545. The van der Waals surface area contributed by atoms with E-state index in [4.69, 9.17) is 9.72 Å². The molecule has 3 aromatic rings. The standard InChI is InChI=1S/C26H30N4O2/c1-5-8-23-28-16-21(19-12-13-27-15-18(19)3)24(29-23)22-11-7-14-30(22)26(31)20-10-6-9-17(2)25(20)32-4/h6,9-10,12-13,15-16,22H,5,7-8,11,14H2,1-4H3/t22-/m0/s1. The van der Waals surface area contributed by atoms with Gasteiger partial charge in [0.2, 0.25) is 0 Å². The van der Waals surface area contributed by atoms with Gasteiger partial charge in [0.1, 0.15) is 11.6 Å². The Hall–Kier alpha value is -3.28. The summed E-state index contributed by atoms with van der Waals surface area (Å²) in [5, 5.41) is 0. The van der Waals surface area contributed by atoms with Gasteiger partial charge < -0.3 is 9.64 Å². The number of rotatable bonds is 6. The molecule has 32 heavy (non-hydrogen) atoms. The molecule has 0 unspecified atom stereocenters. The van der Waals surface area contributed by atoms with Crippen molar-refractivity contribution in [3.8, 4) is 16.9 Å². The number of nitrogens with zero attached hydrogens (tertiary/aromatic N) is 4. The summed E-state index contributed by atoms with van der Waals surface area (Å²) in [6, 6.07) is 7.62. The Morgan fingerprint density at radius 2 is 2.00 bits per heavy atom. The van der Waals surface area contributed by atoms with Crippen LogP contribution in [0.4, 0.5) is 0 Å². The van der Waals surface area contributed by atoms with Crippen molar-refractivity contribution in [1.82, 2.24) is 19.9 Å². The average molecular weight is 431 g/mol. The summed E-state index contributed by atoms with van der Waals surface area (Å²) in [5.74, 6) is 1.45. The third kappa shape index (κ3) is 4.09. The first-order chi connectivity index (χ1) is 15.5. The smallest absolute Gasteiger partial charge is 0.258 e. The second kappa shape index (κ2) is 9.47. The number of likely N-dealkylation sites (tertiary alicyclic amines) is 1. The fourth-order valence-electron chi connectivity index (χ4n) is 4.56. The summed E-state index contributed by atoms with van der Waals surface area (Å²) >= 11 is 0. The van der Waals surface area contributed by atoms with Crippen LogP contribution in [0.2, 0.25) is 0 Å². The van der Waals surface area contributed by atoms with Gasteiger partial charge in [0.25, 0.3) is 5.91 Å². The zero-order valence-electron chi connectivity index (χ0n) is 19.3. The van der Waals surface area contributed by atoms with Gasteiger partial charge in [-0.05, 0) is 61.9 Å². The molecule has 1 atom stereocenters. The number of hydrogen-bond acceptors (Lipinski definition) is 5. The van der Waals surface area contributed by atoms with Gasteiger partial charge in [-0.25, -0.2) is 9.97 Å². The second-order valence-corrected chi connectivity index (χ2v) is 8.34. The molecule has 6 heteroatoms. The van der Waals surface area contributed by atoms with E-state index in [1.807, 2.05) is 55.4 Å². The van der Waals surface area contributed by atoms with Crippen LogP contribution in [-0.4, -0.2) is 39.4 Å². The first kappa shape index (κ1) is 21.9. The highest BCUT2D eigenvalue weighted by atomic mass is 16.5. The molecule has 1 saturated heterocycles. The van der Waals surface area contributed by atoms with Crippen LogP contribution in [0.25, 0.3) is 11.1 Å². The molecule has 0 N–H and O–H groups in total. The molecule has 166 valence electrons. The molecule has 1 fully saturated rings. The van der Waals surface area contributed by atoms with Crippen LogP contribution in [0.1, 0.15) is 65.2 Å². The Kier molecular flexibility index (Phi) is 6.49. The molecule has 1 aliphatic rings. The highest BCUT2D eigenvalue weighted by Gasteiger charge is 2.35. The lowest BCUT2D eigenvalue weighted by atomic mass is 9.97. The van der Waals surface area contributed by atoms with Crippen molar-refractivity contribution in [2.45, 2.75) is 52.5 Å².